The summed E-state index contributed by atoms with van der Waals surface area (Å²) in [5.74, 6) is -0.938. The number of aliphatic carboxylic acids is 1. The molecule has 1 saturated carbocycles. The number of carbonyl (C=O) groups excluding carboxylic acids is 1. The molecule has 0 saturated heterocycles. The lowest BCUT2D eigenvalue weighted by Crippen LogP contribution is -2.49. The maximum Gasteiger partial charge on any atom is 0.326 e. The van der Waals surface area contributed by atoms with E-state index in [2.05, 4.69) is 5.32 Å². The second-order valence-electron chi connectivity index (χ2n) is 6.03. The lowest BCUT2D eigenvalue weighted by molar-refractivity contribution is -0.142. The summed E-state index contributed by atoms with van der Waals surface area (Å²) in [7, 11) is 0. The molecule has 0 spiro atoms. The van der Waals surface area contributed by atoms with Crippen LogP contribution in [0.2, 0.25) is 0 Å². The Balaban J connectivity index is 2.41. The average Bonchev–Trinajstić information content (AvgIpc) is 2.47. The highest BCUT2D eigenvalue weighted by Crippen LogP contribution is 2.27. The number of carboxylic acid groups (broad SMARTS) is 1. The van der Waals surface area contributed by atoms with E-state index in [-0.39, 0.29) is 5.91 Å². The van der Waals surface area contributed by atoms with Gasteiger partial charge in [-0.25, -0.2) is 4.79 Å². The van der Waals surface area contributed by atoms with E-state index in [1.165, 1.54) is 6.42 Å². The van der Waals surface area contributed by atoms with E-state index in [1.807, 2.05) is 0 Å². The first-order valence-corrected chi connectivity index (χ1v) is 8.03. The molecule has 2 atom stereocenters. The van der Waals surface area contributed by atoms with E-state index in [1.54, 1.807) is 0 Å². The Kier molecular flexibility index (Phi) is 8.30. The van der Waals surface area contributed by atoms with E-state index in [9.17, 15) is 14.7 Å². The third-order valence-electron chi connectivity index (χ3n) is 4.21. The molecule has 1 amide bonds. The Morgan fingerprint density at radius 2 is 1.86 bits per heavy atom. The van der Waals surface area contributed by atoms with Crippen molar-refractivity contribution >= 4 is 11.9 Å². The number of carboxylic acids is 1. The van der Waals surface area contributed by atoms with Crippen LogP contribution in [0.5, 0.6) is 0 Å². The topological polar surface area (TPSA) is 118 Å². The number of hydrogen-bond acceptors (Lipinski definition) is 4. The fourth-order valence-electron chi connectivity index (χ4n) is 2.90. The van der Waals surface area contributed by atoms with E-state index in [0.717, 1.165) is 38.5 Å². The van der Waals surface area contributed by atoms with Gasteiger partial charge in [0, 0.05) is 0 Å². The monoisotopic (exact) mass is 299 g/mol. The third-order valence-corrected chi connectivity index (χ3v) is 4.21. The molecule has 0 aromatic rings. The van der Waals surface area contributed by atoms with Gasteiger partial charge in [0.1, 0.15) is 6.04 Å². The molecule has 0 aromatic carbocycles. The van der Waals surface area contributed by atoms with Crippen molar-refractivity contribution in [1.29, 1.82) is 0 Å². The molecule has 1 rings (SSSR count). The molecule has 6 N–H and O–H groups in total. The Morgan fingerprint density at radius 1 is 1.19 bits per heavy atom. The van der Waals surface area contributed by atoms with Gasteiger partial charge in [-0.05, 0) is 31.7 Å². The van der Waals surface area contributed by atoms with Crippen molar-refractivity contribution in [3.8, 4) is 0 Å². The summed E-state index contributed by atoms with van der Waals surface area (Å²) in [6.45, 7) is 0.577. The van der Waals surface area contributed by atoms with Crippen LogP contribution in [0.4, 0.5) is 0 Å². The zero-order valence-electron chi connectivity index (χ0n) is 12.7. The van der Waals surface area contributed by atoms with Crippen LogP contribution >= 0.6 is 0 Å². The molecule has 21 heavy (non-hydrogen) atoms. The summed E-state index contributed by atoms with van der Waals surface area (Å²) >= 11 is 0. The highest BCUT2D eigenvalue weighted by atomic mass is 16.4. The molecule has 0 heterocycles. The van der Waals surface area contributed by atoms with Gasteiger partial charge in [-0.15, -0.1) is 0 Å². The second-order valence-corrected chi connectivity index (χ2v) is 6.03. The molecule has 0 unspecified atom stereocenters. The number of nitrogens with one attached hydrogen (secondary N) is 1. The highest BCUT2D eigenvalue weighted by Gasteiger charge is 2.27. The van der Waals surface area contributed by atoms with Gasteiger partial charge in [-0.1, -0.05) is 38.5 Å². The van der Waals surface area contributed by atoms with Crippen molar-refractivity contribution in [2.75, 3.05) is 6.54 Å². The van der Waals surface area contributed by atoms with Gasteiger partial charge in [-0.3, -0.25) is 4.79 Å². The molecule has 6 heteroatoms. The minimum atomic E-state index is -0.969. The number of nitrogens with two attached hydrogens (primary N) is 2. The maximum absolute atomic E-state index is 12.0. The smallest absolute Gasteiger partial charge is 0.326 e. The zero-order valence-corrected chi connectivity index (χ0v) is 12.7. The van der Waals surface area contributed by atoms with Crippen LogP contribution in [-0.2, 0) is 9.59 Å². The van der Waals surface area contributed by atoms with Crippen molar-refractivity contribution in [2.45, 2.75) is 69.9 Å². The van der Waals surface area contributed by atoms with Crippen molar-refractivity contribution in [3.05, 3.63) is 0 Å². The molecular formula is C15H29N3O3. The standard InChI is InChI=1S/C15H29N3O3/c16-9-5-4-8-12(17)14(19)18-13(15(20)21)10-11-6-2-1-3-7-11/h11-13H,1-10,16-17H2,(H,18,19)(H,20,21)/t12-,13-/m0/s1. The van der Waals surface area contributed by atoms with Crippen molar-refractivity contribution in [1.82, 2.24) is 5.32 Å². The molecule has 0 bridgehead atoms. The van der Waals surface area contributed by atoms with Crippen LogP contribution in [0.15, 0.2) is 0 Å². The minimum Gasteiger partial charge on any atom is -0.480 e. The maximum atomic E-state index is 12.0. The van der Waals surface area contributed by atoms with Crippen LogP contribution in [0.3, 0.4) is 0 Å². The molecule has 1 aliphatic rings. The van der Waals surface area contributed by atoms with Gasteiger partial charge in [0.05, 0.1) is 6.04 Å². The Bertz CT molecular complexity index is 330. The zero-order chi connectivity index (χ0) is 15.7. The van der Waals surface area contributed by atoms with E-state index in [4.69, 9.17) is 11.5 Å². The predicted octanol–water partition coefficient (Wildman–Crippen LogP) is 0.983. The lowest BCUT2D eigenvalue weighted by Gasteiger charge is -2.25. The van der Waals surface area contributed by atoms with Crippen LogP contribution < -0.4 is 16.8 Å². The normalized spacial score (nSPS) is 19.0. The number of amides is 1. The Morgan fingerprint density at radius 3 is 2.43 bits per heavy atom. The van der Waals surface area contributed by atoms with E-state index >= 15 is 0 Å². The molecular weight excluding hydrogens is 270 g/mol. The number of rotatable bonds is 9. The molecule has 1 fully saturated rings. The van der Waals surface area contributed by atoms with Crippen molar-refractivity contribution in [2.24, 2.45) is 17.4 Å². The van der Waals surface area contributed by atoms with Gasteiger partial charge >= 0.3 is 5.97 Å². The molecule has 6 nitrogen and oxygen atoms in total. The molecule has 0 aromatic heterocycles. The second kappa shape index (κ2) is 9.73. The van der Waals surface area contributed by atoms with Crippen molar-refractivity contribution < 1.29 is 14.7 Å². The lowest BCUT2D eigenvalue weighted by atomic mass is 9.85. The molecule has 0 aliphatic heterocycles. The fourth-order valence-corrected chi connectivity index (χ4v) is 2.90. The summed E-state index contributed by atoms with van der Waals surface area (Å²) in [5.41, 5.74) is 11.2. The summed E-state index contributed by atoms with van der Waals surface area (Å²) in [4.78, 5) is 23.3. The first kappa shape index (κ1) is 17.9. The summed E-state index contributed by atoms with van der Waals surface area (Å²) < 4.78 is 0. The first-order chi connectivity index (χ1) is 10.0. The predicted molar refractivity (Wildman–Crippen MR) is 81.6 cm³/mol. The van der Waals surface area contributed by atoms with Crippen LogP contribution in [0, 0.1) is 5.92 Å². The summed E-state index contributed by atoms with van der Waals surface area (Å²) in [5, 5.41) is 11.9. The SMILES string of the molecule is NCCCC[C@H](N)C(=O)N[C@@H](CC1CCCCC1)C(=O)O. The summed E-state index contributed by atoms with van der Waals surface area (Å²) in [6.07, 6.45) is 8.32. The van der Waals surface area contributed by atoms with Gasteiger partial charge in [-0.2, -0.15) is 0 Å². The third kappa shape index (κ3) is 6.91. The highest BCUT2D eigenvalue weighted by molar-refractivity contribution is 5.86. The fraction of sp³-hybridized carbons (Fsp3) is 0.867. The van der Waals surface area contributed by atoms with Crippen LogP contribution in [-0.4, -0.2) is 35.6 Å². The van der Waals surface area contributed by atoms with Crippen LogP contribution in [0.1, 0.15) is 57.8 Å². The minimum absolute atomic E-state index is 0.366. The van der Waals surface area contributed by atoms with Gasteiger partial charge in [0.25, 0.3) is 0 Å². The summed E-state index contributed by atoms with van der Waals surface area (Å²) in [6, 6.07) is -1.47. The van der Waals surface area contributed by atoms with Gasteiger partial charge < -0.3 is 21.9 Å². The molecule has 122 valence electrons. The Labute approximate surface area is 126 Å². The van der Waals surface area contributed by atoms with Gasteiger partial charge in [0.15, 0.2) is 0 Å². The van der Waals surface area contributed by atoms with Crippen molar-refractivity contribution in [3.63, 3.8) is 0 Å². The Hall–Kier alpha value is -1.14. The average molecular weight is 299 g/mol. The van der Waals surface area contributed by atoms with E-state index in [0.29, 0.717) is 25.3 Å². The largest absolute Gasteiger partial charge is 0.480 e. The number of carbonyl (C=O) groups is 2. The molecule has 0 radical (unpaired) electrons. The quantitative estimate of drug-likeness (QED) is 0.473. The van der Waals surface area contributed by atoms with Gasteiger partial charge in [0.2, 0.25) is 5.91 Å². The number of unbranched alkanes of at least 4 members (excludes halogenated alkanes) is 1. The van der Waals surface area contributed by atoms with Crippen LogP contribution in [0.25, 0.3) is 0 Å². The first-order valence-electron chi connectivity index (χ1n) is 8.03. The molecule has 1 aliphatic carbocycles. The van der Waals surface area contributed by atoms with E-state index < -0.39 is 18.1 Å². The number of hydrogen-bond donors (Lipinski definition) is 4.